The van der Waals surface area contributed by atoms with Gasteiger partial charge in [0.25, 0.3) is 0 Å². The van der Waals surface area contributed by atoms with Gasteiger partial charge in [-0.25, -0.2) is 0 Å². The van der Waals surface area contributed by atoms with Crippen LogP contribution < -0.4 is 5.43 Å². The molecular weight excluding hydrogens is 352 g/mol. The van der Waals surface area contributed by atoms with Gasteiger partial charge >= 0.3 is 0 Å². The highest BCUT2D eigenvalue weighted by Gasteiger charge is 2.44. The molecule has 1 aliphatic rings. The predicted octanol–water partition coefficient (Wildman–Crippen LogP) is 5.47. The zero-order valence-corrected chi connectivity index (χ0v) is 18.7. The first kappa shape index (κ1) is 20.3. The van der Waals surface area contributed by atoms with E-state index in [1.165, 1.54) is 0 Å². The summed E-state index contributed by atoms with van der Waals surface area (Å²) in [6, 6.07) is 8.31. The highest BCUT2D eigenvalue weighted by Crippen LogP contribution is 2.42. The van der Waals surface area contributed by atoms with Gasteiger partial charge in [-0.1, -0.05) is 53.7 Å². The fourth-order valence-corrected chi connectivity index (χ4v) is 10.3. The lowest BCUT2D eigenvalue weighted by Gasteiger charge is -2.42. The second-order valence-electron chi connectivity index (χ2n) is 8.88. The van der Waals surface area contributed by atoms with Crippen molar-refractivity contribution in [3.8, 4) is 0 Å². The second-order valence-corrected chi connectivity index (χ2v) is 14.3. The molecule has 1 aliphatic carbocycles. The maximum Gasteiger partial charge on any atom is 0.211 e. The molecule has 3 rings (SSSR count). The third kappa shape index (κ3) is 3.76. The Bertz CT molecular complexity index is 831. The minimum atomic E-state index is -1.91. The van der Waals surface area contributed by atoms with E-state index >= 15 is 0 Å². The first-order valence-corrected chi connectivity index (χ1v) is 12.6. The second kappa shape index (κ2) is 7.88. The van der Waals surface area contributed by atoms with E-state index in [-0.39, 0.29) is 5.43 Å². The van der Waals surface area contributed by atoms with E-state index in [0.29, 0.717) is 41.4 Å². The molecule has 0 N–H and O–H groups in total. The van der Waals surface area contributed by atoms with E-state index in [0.717, 1.165) is 23.7 Å². The van der Waals surface area contributed by atoms with Crippen LogP contribution in [-0.2, 0) is 10.8 Å². The molecule has 2 aromatic rings. The Morgan fingerprint density at radius 1 is 1.07 bits per heavy atom. The average molecular weight is 387 g/mol. The van der Waals surface area contributed by atoms with Crippen molar-refractivity contribution >= 4 is 19.2 Å². The zero-order chi connectivity index (χ0) is 19.8. The van der Waals surface area contributed by atoms with Crippen LogP contribution in [0.2, 0.25) is 16.6 Å². The number of aromatic nitrogens is 2. The van der Waals surface area contributed by atoms with Crippen LogP contribution in [0.4, 0.5) is 0 Å². The first-order chi connectivity index (χ1) is 12.8. The van der Waals surface area contributed by atoms with E-state index < -0.39 is 8.32 Å². The minimum Gasteiger partial charge on any atom is -0.416 e. The Morgan fingerprint density at radius 2 is 1.67 bits per heavy atom. The van der Waals surface area contributed by atoms with Gasteiger partial charge in [0.15, 0.2) is 8.32 Å². The fraction of sp³-hybridized carbons (Fsp3) is 0.636. The van der Waals surface area contributed by atoms with Crippen molar-refractivity contribution in [1.82, 2.24) is 9.78 Å². The summed E-state index contributed by atoms with van der Waals surface area (Å²) in [6.45, 7) is 14.3. The molecule has 27 heavy (non-hydrogen) atoms. The Morgan fingerprint density at radius 3 is 2.22 bits per heavy atom. The van der Waals surface area contributed by atoms with Crippen molar-refractivity contribution in [2.75, 3.05) is 6.61 Å². The molecule has 0 atom stereocenters. The molecule has 0 saturated heterocycles. The van der Waals surface area contributed by atoms with E-state index in [2.05, 4.69) is 46.2 Å². The zero-order valence-electron chi connectivity index (χ0n) is 17.7. The first-order valence-electron chi connectivity index (χ1n) is 10.4. The predicted molar refractivity (Wildman–Crippen MR) is 115 cm³/mol. The summed E-state index contributed by atoms with van der Waals surface area (Å²) in [5, 5.41) is 5.54. The summed E-state index contributed by atoms with van der Waals surface area (Å²) < 4.78 is 8.73. The van der Waals surface area contributed by atoms with E-state index in [1.807, 2.05) is 24.3 Å². The van der Waals surface area contributed by atoms with Gasteiger partial charge in [0.2, 0.25) is 5.43 Å². The third-order valence-corrected chi connectivity index (χ3v) is 12.3. The van der Waals surface area contributed by atoms with Crippen LogP contribution in [0.5, 0.6) is 0 Å². The van der Waals surface area contributed by atoms with Crippen molar-refractivity contribution in [2.45, 2.75) is 83.5 Å². The number of hydrogen-bond donors (Lipinski definition) is 0. The summed E-state index contributed by atoms with van der Waals surface area (Å²) in [7, 11) is -1.91. The van der Waals surface area contributed by atoms with Crippen LogP contribution in [0.25, 0.3) is 10.9 Å². The normalized spacial score (nSPS) is 15.4. The van der Waals surface area contributed by atoms with Gasteiger partial charge < -0.3 is 4.43 Å². The number of nitrogens with zero attached hydrogens (tertiary/aromatic N) is 2. The van der Waals surface area contributed by atoms with Gasteiger partial charge in [0.1, 0.15) is 5.69 Å². The van der Waals surface area contributed by atoms with E-state index in [9.17, 15) is 4.79 Å². The van der Waals surface area contributed by atoms with E-state index in [1.54, 1.807) is 0 Å². The summed E-state index contributed by atoms with van der Waals surface area (Å²) in [5.74, 6) is 0. The molecule has 1 fully saturated rings. The Labute approximate surface area is 164 Å². The number of hydrogen-bond acceptors (Lipinski definition) is 3. The maximum absolute atomic E-state index is 13.0. The van der Waals surface area contributed by atoms with Crippen LogP contribution in [0.15, 0.2) is 29.1 Å². The maximum atomic E-state index is 13.0. The monoisotopic (exact) mass is 386 g/mol. The van der Waals surface area contributed by atoms with Gasteiger partial charge in [-0.2, -0.15) is 5.10 Å². The van der Waals surface area contributed by atoms with Gasteiger partial charge in [-0.3, -0.25) is 9.48 Å². The molecule has 0 aliphatic heterocycles. The van der Waals surface area contributed by atoms with Gasteiger partial charge in [0, 0.05) is 18.4 Å². The molecule has 148 valence electrons. The van der Waals surface area contributed by atoms with Gasteiger partial charge in [-0.05, 0) is 41.6 Å². The van der Waals surface area contributed by atoms with Crippen LogP contribution >= 0.6 is 0 Å². The van der Waals surface area contributed by atoms with Crippen LogP contribution in [0.1, 0.15) is 66.1 Å². The minimum absolute atomic E-state index is 0.0667. The Balaban J connectivity index is 1.87. The van der Waals surface area contributed by atoms with Gasteiger partial charge in [-0.15, -0.1) is 0 Å². The van der Waals surface area contributed by atoms with Crippen molar-refractivity contribution in [2.24, 2.45) is 0 Å². The van der Waals surface area contributed by atoms with Crippen LogP contribution in [-0.4, -0.2) is 24.7 Å². The average Bonchev–Trinajstić information content (AvgIpc) is 3.44. The third-order valence-electron chi connectivity index (χ3n) is 6.18. The van der Waals surface area contributed by atoms with E-state index in [4.69, 9.17) is 9.52 Å². The van der Waals surface area contributed by atoms with Crippen LogP contribution in [0.3, 0.4) is 0 Å². The topological polar surface area (TPSA) is 44.1 Å². The number of rotatable bonds is 8. The molecule has 1 aromatic carbocycles. The molecule has 1 heterocycles. The van der Waals surface area contributed by atoms with Gasteiger partial charge in [0.05, 0.1) is 11.6 Å². The number of para-hydroxylation sites is 1. The van der Waals surface area contributed by atoms with Crippen LogP contribution in [0, 0.1) is 0 Å². The molecule has 1 saturated carbocycles. The van der Waals surface area contributed by atoms with Crippen molar-refractivity contribution in [1.29, 1.82) is 0 Å². The molecule has 0 amide bonds. The van der Waals surface area contributed by atoms with Crippen molar-refractivity contribution < 1.29 is 4.43 Å². The SMILES string of the molecule is CC(C)[Si](OCCc1nn(C2CC2)c2ccccc2c1=O)(C(C)C)C(C)C. The van der Waals surface area contributed by atoms with Crippen molar-refractivity contribution in [3.05, 3.63) is 40.2 Å². The highest BCUT2D eigenvalue weighted by molar-refractivity contribution is 6.77. The standard InChI is InChI=1S/C22H34N2O2Si/c1-15(2)27(16(3)4,17(5)6)26-14-13-20-22(25)19-9-7-8-10-21(19)24(23-20)18-11-12-18/h7-10,15-18H,11-14H2,1-6H3. The Hall–Kier alpha value is -1.46. The fourth-order valence-electron chi connectivity index (χ4n) is 4.84. The summed E-state index contributed by atoms with van der Waals surface area (Å²) in [4.78, 5) is 13.0. The molecule has 0 radical (unpaired) electrons. The molecule has 4 nitrogen and oxygen atoms in total. The molecular formula is C22H34N2O2Si. The molecule has 0 bridgehead atoms. The summed E-state index contributed by atoms with van der Waals surface area (Å²) in [6.07, 6.45) is 2.90. The largest absolute Gasteiger partial charge is 0.416 e. The quantitative estimate of drug-likeness (QED) is 0.565. The molecule has 1 aromatic heterocycles. The molecule has 5 heteroatoms. The van der Waals surface area contributed by atoms with Crippen molar-refractivity contribution in [3.63, 3.8) is 0 Å². The molecule has 0 unspecified atom stereocenters. The number of benzene rings is 1. The Kier molecular flexibility index (Phi) is 5.92. The summed E-state index contributed by atoms with van der Waals surface area (Å²) >= 11 is 0. The highest BCUT2D eigenvalue weighted by atomic mass is 28.4. The lowest BCUT2D eigenvalue weighted by atomic mass is 10.1. The molecule has 0 spiro atoms. The summed E-state index contributed by atoms with van der Waals surface area (Å²) in [5.41, 5.74) is 3.32. The smallest absolute Gasteiger partial charge is 0.211 e. The lowest BCUT2D eigenvalue weighted by molar-refractivity contribution is 0.279. The number of fused-ring (bicyclic) bond motifs is 1. The lowest BCUT2D eigenvalue weighted by Crippen LogP contribution is -2.48.